The fraction of sp³-hybridized carbons (Fsp3) is 0. The summed E-state index contributed by atoms with van der Waals surface area (Å²) in [6, 6.07) is 55.9. The zero-order valence-electron chi connectivity index (χ0n) is 27.7. The molecule has 6 nitrogen and oxygen atoms in total. The molecule has 0 amide bonds. The zero-order chi connectivity index (χ0) is 34.2. The van der Waals surface area contributed by atoms with E-state index in [1.807, 2.05) is 72.8 Å². The second-order valence-corrected chi connectivity index (χ2v) is 13.0. The minimum Gasteiger partial charge on any atom is -0.454 e. The van der Waals surface area contributed by atoms with Crippen LogP contribution in [0.3, 0.4) is 0 Å². The van der Waals surface area contributed by atoms with Crippen molar-refractivity contribution >= 4 is 65.8 Å². The van der Waals surface area contributed by atoms with Gasteiger partial charge < -0.3 is 8.98 Å². The second kappa shape index (κ2) is 11.2. The van der Waals surface area contributed by atoms with Crippen molar-refractivity contribution < 1.29 is 4.42 Å². The number of benzene rings is 7. The molecule has 11 aromatic rings. The van der Waals surface area contributed by atoms with Crippen LogP contribution in [0.15, 0.2) is 168 Å². The predicted octanol–water partition coefficient (Wildman–Crippen LogP) is 11.6. The third kappa shape index (κ3) is 4.31. The lowest BCUT2D eigenvalue weighted by atomic mass is 10.0. The highest BCUT2D eigenvalue weighted by Crippen LogP contribution is 2.45. The van der Waals surface area contributed by atoms with Crippen LogP contribution in [-0.4, -0.2) is 24.5 Å². The van der Waals surface area contributed by atoms with Crippen LogP contribution in [0, 0.1) is 0 Å². The van der Waals surface area contributed by atoms with Gasteiger partial charge in [0.1, 0.15) is 22.1 Å². The lowest BCUT2D eigenvalue weighted by molar-refractivity contribution is 0.671. The van der Waals surface area contributed by atoms with Crippen molar-refractivity contribution in [2.45, 2.75) is 0 Å². The van der Waals surface area contributed by atoms with Gasteiger partial charge in [-0.1, -0.05) is 121 Å². The first-order chi connectivity index (χ1) is 25.8. The molecule has 4 heterocycles. The standard InChI is InChI=1S/C46H27N5O/c1-3-14-28(15-4-1)36-27-37(50-46(49-36)29-16-5-2-6-17-29)30-18-13-19-31(26-30)51-38-24-11-7-20-32(38)40-42-43(48-35-23-10-9-22-34(35)47-42)41-33-21-8-12-25-39(33)52-45(41)44(40)51/h1-27H. The van der Waals surface area contributed by atoms with Gasteiger partial charge in [-0.25, -0.2) is 19.9 Å². The summed E-state index contributed by atoms with van der Waals surface area (Å²) in [6.45, 7) is 0. The number of aromatic nitrogens is 5. The van der Waals surface area contributed by atoms with Crippen LogP contribution >= 0.6 is 0 Å². The van der Waals surface area contributed by atoms with Gasteiger partial charge in [0.25, 0.3) is 0 Å². The Morgan fingerprint density at radius 3 is 1.81 bits per heavy atom. The third-order valence-electron chi connectivity index (χ3n) is 9.96. The van der Waals surface area contributed by atoms with Gasteiger partial charge in [0.15, 0.2) is 11.4 Å². The number of hydrogen-bond acceptors (Lipinski definition) is 5. The molecule has 4 aromatic heterocycles. The van der Waals surface area contributed by atoms with Crippen LogP contribution in [0.5, 0.6) is 0 Å². The number of nitrogens with zero attached hydrogens (tertiary/aromatic N) is 5. The number of hydrogen-bond donors (Lipinski definition) is 0. The summed E-state index contributed by atoms with van der Waals surface area (Å²) in [7, 11) is 0. The zero-order valence-corrected chi connectivity index (χ0v) is 27.7. The van der Waals surface area contributed by atoms with Crippen LogP contribution < -0.4 is 0 Å². The summed E-state index contributed by atoms with van der Waals surface area (Å²) in [4.78, 5) is 20.7. The molecule has 11 rings (SSSR count). The van der Waals surface area contributed by atoms with Crippen LogP contribution in [0.25, 0.3) is 105 Å². The third-order valence-corrected chi connectivity index (χ3v) is 9.96. The molecule has 0 saturated carbocycles. The molecule has 0 bridgehead atoms. The molecule has 0 fully saturated rings. The molecule has 0 aliphatic heterocycles. The van der Waals surface area contributed by atoms with Crippen LogP contribution in [0.2, 0.25) is 0 Å². The minimum absolute atomic E-state index is 0.681. The van der Waals surface area contributed by atoms with E-state index in [0.29, 0.717) is 5.82 Å². The van der Waals surface area contributed by atoms with E-state index in [9.17, 15) is 0 Å². The summed E-state index contributed by atoms with van der Waals surface area (Å²) in [6.07, 6.45) is 0. The van der Waals surface area contributed by atoms with Crippen LogP contribution in [0.1, 0.15) is 0 Å². The molecule has 0 saturated heterocycles. The Kier molecular flexibility index (Phi) is 6.15. The van der Waals surface area contributed by atoms with E-state index in [0.717, 1.165) is 99.6 Å². The van der Waals surface area contributed by atoms with Crippen LogP contribution in [-0.2, 0) is 0 Å². The van der Waals surface area contributed by atoms with Gasteiger partial charge in [-0.2, -0.15) is 0 Å². The molecule has 7 aromatic carbocycles. The Bertz CT molecular complexity index is 3130. The Labute approximate surface area is 297 Å². The van der Waals surface area contributed by atoms with Crippen molar-refractivity contribution in [2.24, 2.45) is 0 Å². The quantitative estimate of drug-likeness (QED) is 0.175. The molecular formula is C46H27N5O. The van der Waals surface area contributed by atoms with Crippen molar-refractivity contribution in [3.63, 3.8) is 0 Å². The summed E-state index contributed by atoms with van der Waals surface area (Å²) in [5, 5.41) is 4.08. The maximum Gasteiger partial charge on any atom is 0.162 e. The minimum atomic E-state index is 0.681. The lowest BCUT2D eigenvalue weighted by Gasteiger charge is -2.12. The molecule has 0 atom stereocenters. The molecule has 0 N–H and O–H groups in total. The molecule has 0 unspecified atom stereocenters. The summed E-state index contributed by atoms with van der Waals surface area (Å²) < 4.78 is 9.12. The average Bonchev–Trinajstić information content (AvgIpc) is 3.78. The molecule has 52 heavy (non-hydrogen) atoms. The average molecular weight is 666 g/mol. The summed E-state index contributed by atoms with van der Waals surface area (Å²) >= 11 is 0. The monoisotopic (exact) mass is 665 g/mol. The van der Waals surface area contributed by atoms with Gasteiger partial charge in [0, 0.05) is 38.5 Å². The molecule has 0 spiro atoms. The van der Waals surface area contributed by atoms with Crippen molar-refractivity contribution in [3.05, 3.63) is 164 Å². The van der Waals surface area contributed by atoms with E-state index in [-0.39, 0.29) is 0 Å². The summed E-state index contributed by atoms with van der Waals surface area (Å²) in [5.74, 6) is 0.681. The van der Waals surface area contributed by atoms with Gasteiger partial charge in [0.2, 0.25) is 0 Å². The fourth-order valence-corrected chi connectivity index (χ4v) is 7.63. The smallest absolute Gasteiger partial charge is 0.162 e. The molecule has 0 aliphatic carbocycles. The fourth-order valence-electron chi connectivity index (χ4n) is 7.63. The Balaban J connectivity index is 1.23. The second-order valence-electron chi connectivity index (χ2n) is 13.0. The highest BCUT2D eigenvalue weighted by molar-refractivity contribution is 6.33. The Morgan fingerprint density at radius 1 is 0.442 bits per heavy atom. The van der Waals surface area contributed by atoms with Crippen molar-refractivity contribution in [1.29, 1.82) is 0 Å². The normalized spacial score (nSPS) is 11.8. The number of para-hydroxylation sites is 4. The van der Waals surface area contributed by atoms with E-state index in [4.69, 9.17) is 24.4 Å². The predicted molar refractivity (Wildman–Crippen MR) is 211 cm³/mol. The highest BCUT2D eigenvalue weighted by atomic mass is 16.3. The first kappa shape index (κ1) is 28.6. The lowest BCUT2D eigenvalue weighted by Crippen LogP contribution is -1.98. The Hall–Kier alpha value is -7.18. The SMILES string of the molecule is c1ccc(-c2cc(-c3cccc(-n4c5ccccc5c5c6nc7ccccc7nc6c6c7ccccc7oc6c54)c3)nc(-c3ccccc3)n2)cc1. The largest absolute Gasteiger partial charge is 0.454 e. The van der Waals surface area contributed by atoms with Crippen molar-refractivity contribution in [3.8, 4) is 39.6 Å². The van der Waals surface area contributed by atoms with Gasteiger partial charge in [0.05, 0.1) is 33.3 Å². The molecule has 6 heteroatoms. The maximum atomic E-state index is 6.81. The van der Waals surface area contributed by atoms with E-state index in [2.05, 4.69) is 95.6 Å². The maximum absolute atomic E-state index is 6.81. The van der Waals surface area contributed by atoms with E-state index < -0.39 is 0 Å². The van der Waals surface area contributed by atoms with E-state index >= 15 is 0 Å². The van der Waals surface area contributed by atoms with E-state index in [1.54, 1.807) is 0 Å². The number of furan rings is 1. The van der Waals surface area contributed by atoms with Crippen LogP contribution in [0.4, 0.5) is 0 Å². The molecule has 0 aliphatic rings. The summed E-state index contributed by atoms with van der Waals surface area (Å²) in [5.41, 5.74) is 12.7. The van der Waals surface area contributed by atoms with E-state index in [1.165, 1.54) is 0 Å². The highest BCUT2D eigenvalue weighted by Gasteiger charge is 2.25. The van der Waals surface area contributed by atoms with Gasteiger partial charge >= 0.3 is 0 Å². The molecule has 0 radical (unpaired) electrons. The first-order valence-electron chi connectivity index (χ1n) is 17.3. The van der Waals surface area contributed by atoms with Gasteiger partial charge in [-0.05, 0) is 42.5 Å². The Morgan fingerprint density at radius 2 is 1.04 bits per heavy atom. The molecule has 242 valence electrons. The van der Waals surface area contributed by atoms with Gasteiger partial charge in [-0.3, -0.25) is 0 Å². The van der Waals surface area contributed by atoms with Gasteiger partial charge in [-0.15, -0.1) is 0 Å². The topological polar surface area (TPSA) is 69.6 Å². The van der Waals surface area contributed by atoms with Crippen molar-refractivity contribution in [2.75, 3.05) is 0 Å². The number of rotatable bonds is 4. The number of fused-ring (bicyclic) bond motifs is 11. The molecular weight excluding hydrogens is 639 g/mol. The van der Waals surface area contributed by atoms with Crippen molar-refractivity contribution in [1.82, 2.24) is 24.5 Å². The first-order valence-corrected chi connectivity index (χ1v) is 17.3.